The first-order valence-corrected chi connectivity index (χ1v) is 8.47. The average molecular weight is 340 g/mol. The molecule has 4 rings (SSSR count). The number of hydrogen-bond donors (Lipinski definition) is 1. The zero-order valence-corrected chi connectivity index (χ0v) is 14.1. The van der Waals surface area contributed by atoms with Crippen LogP contribution in [-0.4, -0.2) is 13.1 Å². The van der Waals surface area contributed by atoms with Gasteiger partial charge in [0.25, 0.3) is 0 Å². The Hall–Kier alpha value is -2.26. The molecule has 24 heavy (non-hydrogen) atoms. The van der Waals surface area contributed by atoms with Crippen LogP contribution in [0.15, 0.2) is 54.6 Å². The number of carbonyl (C=O) groups excluding carboxylic acids is 1. The first-order valence-electron chi connectivity index (χ1n) is 8.09. The standard InChI is InChI=1S/C20H18ClNO2/c1-24-20(23)16-10-5-9-14-12-7-4-8-13(12)18(22-19(14)16)15-6-2-3-11-17(15)21/h2-7,9-13,18,22H,8H2,1H3/t12-,13+,18-/m1/s1. The van der Waals surface area contributed by atoms with Crippen LogP contribution in [0.3, 0.4) is 0 Å². The zero-order valence-electron chi connectivity index (χ0n) is 13.3. The smallest absolute Gasteiger partial charge is 0.339 e. The number of anilines is 1. The first-order chi connectivity index (χ1) is 11.7. The number of ether oxygens (including phenoxy) is 1. The molecular formula is C20H18ClNO2. The number of hydrogen-bond acceptors (Lipinski definition) is 3. The molecule has 1 heterocycles. The van der Waals surface area contributed by atoms with Crippen molar-refractivity contribution in [1.82, 2.24) is 0 Å². The third kappa shape index (κ3) is 2.31. The summed E-state index contributed by atoms with van der Waals surface area (Å²) < 4.78 is 4.96. The van der Waals surface area contributed by atoms with Crippen LogP contribution in [0.25, 0.3) is 0 Å². The van der Waals surface area contributed by atoms with Gasteiger partial charge in [-0.05, 0) is 35.6 Å². The van der Waals surface area contributed by atoms with Crippen LogP contribution < -0.4 is 5.32 Å². The fraction of sp³-hybridized carbons (Fsp3) is 0.250. The first kappa shape index (κ1) is 15.3. The fourth-order valence-corrected chi connectivity index (χ4v) is 4.19. The van der Waals surface area contributed by atoms with Crippen molar-refractivity contribution >= 4 is 23.3 Å². The van der Waals surface area contributed by atoms with Gasteiger partial charge in [-0.25, -0.2) is 4.79 Å². The molecule has 0 amide bonds. The Morgan fingerprint density at radius 3 is 2.75 bits per heavy atom. The molecule has 0 unspecified atom stereocenters. The normalized spacial score (nSPS) is 24.0. The van der Waals surface area contributed by atoms with Gasteiger partial charge in [-0.3, -0.25) is 0 Å². The number of esters is 1. The molecule has 3 atom stereocenters. The molecule has 0 spiro atoms. The van der Waals surface area contributed by atoms with E-state index >= 15 is 0 Å². The molecular weight excluding hydrogens is 322 g/mol. The minimum Gasteiger partial charge on any atom is -0.465 e. The molecule has 2 aromatic rings. The SMILES string of the molecule is COC(=O)c1cccc2c1N[C@@H](c1ccccc1Cl)[C@H]1CC=C[C@@H]21. The molecule has 0 saturated carbocycles. The van der Waals surface area contributed by atoms with Crippen molar-refractivity contribution in [3.63, 3.8) is 0 Å². The van der Waals surface area contributed by atoms with E-state index in [2.05, 4.69) is 29.6 Å². The second-order valence-electron chi connectivity index (χ2n) is 6.26. The number of fused-ring (bicyclic) bond motifs is 3. The van der Waals surface area contributed by atoms with E-state index in [4.69, 9.17) is 16.3 Å². The topological polar surface area (TPSA) is 38.3 Å². The lowest BCUT2D eigenvalue weighted by Gasteiger charge is -2.38. The summed E-state index contributed by atoms with van der Waals surface area (Å²) >= 11 is 6.45. The highest BCUT2D eigenvalue weighted by atomic mass is 35.5. The number of nitrogens with one attached hydrogen (secondary N) is 1. The van der Waals surface area contributed by atoms with E-state index in [0.717, 1.165) is 28.3 Å². The van der Waals surface area contributed by atoms with Crippen molar-refractivity contribution < 1.29 is 9.53 Å². The lowest BCUT2D eigenvalue weighted by molar-refractivity contribution is 0.0601. The Morgan fingerprint density at radius 2 is 1.96 bits per heavy atom. The van der Waals surface area contributed by atoms with Gasteiger partial charge in [-0.15, -0.1) is 0 Å². The Labute approximate surface area is 146 Å². The number of carbonyl (C=O) groups is 1. The van der Waals surface area contributed by atoms with Gasteiger partial charge in [0.2, 0.25) is 0 Å². The molecule has 1 aliphatic heterocycles. The summed E-state index contributed by atoms with van der Waals surface area (Å²) in [6.45, 7) is 0. The van der Waals surface area contributed by atoms with Crippen molar-refractivity contribution in [2.45, 2.75) is 18.4 Å². The molecule has 0 aromatic heterocycles. The predicted octanol–water partition coefficient (Wildman–Crippen LogP) is 4.95. The Morgan fingerprint density at radius 1 is 1.17 bits per heavy atom. The quantitative estimate of drug-likeness (QED) is 0.621. The highest BCUT2D eigenvalue weighted by molar-refractivity contribution is 6.31. The maximum absolute atomic E-state index is 12.2. The van der Waals surface area contributed by atoms with E-state index < -0.39 is 0 Å². The van der Waals surface area contributed by atoms with Crippen molar-refractivity contribution in [2.24, 2.45) is 5.92 Å². The van der Waals surface area contributed by atoms with E-state index in [9.17, 15) is 4.79 Å². The Bertz CT molecular complexity index is 830. The number of para-hydroxylation sites is 1. The summed E-state index contributed by atoms with van der Waals surface area (Å²) in [5.41, 5.74) is 3.66. The molecule has 3 nitrogen and oxygen atoms in total. The second-order valence-corrected chi connectivity index (χ2v) is 6.67. The third-order valence-corrected chi connectivity index (χ3v) is 5.39. The fourth-order valence-electron chi connectivity index (χ4n) is 3.94. The number of benzene rings is 2. The van der Waals surface area contributed by atoms with Gasteiger partial charge in [0.15, 0.2) is 0 Å². The minimum absolute atomic E-state index is 0.0667. The van der Waals surface area contributed by atoms with Gasteiger partial charge in [0.05, 0.1) is 24.4 Å². The molecule has 0 saturated heterocycles. The van der Waals surface area contributed by atoms with Crippen LogP contribution in [0, 0.1) is 5.92 Å². The average Bonchev–Trinajstić information content (AvgIpc) is 3.10. The lowest BCUT2D eigenvalue weighted by Crippen LogP contribution is -2.30. The third-order valence-electron chi connectivity index (χ3n) is 5.04. The van der Waals surface area contributed by atoms with Gasteiger partial charge in [0, 0.05) is 10.9 Å². The van der Waals surface area contributed by atoms with E-state index in [1.807, 2.05) is 24.3 Å². The second kappa shape index (κ2) is 5.99. The van der Waals surface area contributed by atoms with Crippen LogP contribution in [0.4, 0.5) is 5.69 Å². The number of rotatable bonds is 2. The lowest BCUT2D eigenvalue weighted by atomic mass is 9.76. The zero-order chi connectivity index (χ0) is 16.7. The maximum atomic E-state index is 12.2. The van der Waals surface area contributed by atoms with Gasteiger partial charge in [0.1, 0.15) is 0 Å². The molecule has 122 valence electrons. The molecule has 0 bridgehead atoms. The van der Waals surface area contributed by atoms with Crippen molar-refractivity contribution in [3.8, 4) is 0 Å². The van der Waals surface area contributed by atoms with Crippen LogP contribution >= 0.6 is 11.6 Å². The molecule has 1 N–H and O–H groups in total. The van der Waals surface area contributed by atoms with Crippen molar-refractivity contribution in [1.29, 1.82) is 0 Å². The van der Waals surface area contributed by atoms with Crippen molar-refractivity contribution in [2.75, 3.05) is 12.4 Å². The summed E-state index contributed by atoms with van der Waals surface area (Å²) in [5, 5.41) is 4.33. The summed E-state index contributed by atoms with van der Waals surface area (Å²) in [4.78, 5) is 12.2. The Balaban J connectivity index is 1.85. The van der Waals surface area contributed by atoms with Gasteiger partial charge >= 0.3 is 5.97 Å². The minimum atomic E-state index is -0.322. The highest BCUT2D eigenvalue weighted by Crippen LogP contribution is 2.51. The van der Waals surface area contributed by atoms with Crippen molar-refractivity contribution in [3.05, 3.63) is 76.3 Å². The predicted molar refractivity (Wildman–Crippen MR) is 95.6 cm³/mol. The molecule has 4 heteroatoms. The van der Waals surface area contributed by atoms with Gasteiger partial charge in [-0.1, -0.05) is 54.1 Å². The molecule has 1 aliphatic carbocycles. The van der Waals surface area contributed by atoms with E-state index in [1.54, 1.807) is 6.07 Å². The number of halogens is 1. The maximum Gasteiger partial charge on any atom is 0.339 e. The van der Waals surface area contributed by atoms with E-state index in [-0.39, 0.29) is 17.9 Å². The number of methoxy groups -OCH3 is 1. The van der Waals surface area contributed by atoms with Crippen LogP contribution in [0.2, 0.25) is 5.02 Å². The molecule has 0 fully saturated rings. The van der Waals surface area contributed by atoms with Crippen LogP contribution in [-0.2, 0) is 4.74 Å². The number of allylic oxidation sites excluding steroid dienone is 2. The van der Waals surface area contributed by atoms with Gasteiger partial charge < -0.3 is 10.1 Å². The Kier molecular flexibility index (Phi) is 3.81. The van der Waals surface area contributed by atoms with Gasteiger partial charge in [-0.2, -0.15) is 0 Å². The van der Waals surface area contributed by atoms with Crippen LogP contribution in [0.1, 0.15) is 39.9 Å². The summed E-state index contributed by atoms with van der Waals surface area (Å²) in [7, 11) is 1.41. The summed E-state index contributed by atoms with van der Waals surface area (Å²) in [6.07, 6.45) is 5.46. The molecule has 2 aliphatic rings. The highest BCUT2D eigenvalue weighted by Gasteiger charge is 2.39. The largest absolute Gasteiger partial charge is 0.465 e. The summed E-state index contributed by atoms with van der Waals surface area (Å²) in [6, 6.07) is 13.8. The monoisotopic (exact) mass is 339 g/mol. The summed E-state index contributed by atoms with van der Waals surface area (Å²) in [5.74, 6) is 0.357. The molecule has 0 radical (unpaired) electrons. The van der Waals surface area contributed by atoms with E-state index in [0.29, 0.717) is 11.5 Å². The van der Waals surface area contributed by atoms with Crippen LogP contribution in [0.5, 0.6) is 0 Å². The van der Waals surface area contributed by atoms with E-state index in [1.165, 1.54) is 7.11 Å². The molecule has 2 aromatic carbocycles.